The lowest BCUT2D eigenvalue weighted by Crippen LogP contribution is -2.39. The van der Waals surface area contributed by atoms with Crippen molar-refractivity contribution >= 4 is 0 Å². The molecule has 0 aromatic carbocycles. The van der Waals surface area contributed by atoms with Crippen molar-refractivity contribution in [2.45, 2.75) is 70.9 Å². The molecule has 2 nitrogen and oxygen atoms in total. The van der Waals surface area contributed by atoms with Crippen LogP contribution >= 0.6 is 0 Å². The summed E-state index contributed by atoms with van der Waals surface area (Å²) in [6, 6.07) is 1.65. The van der Waals surface area contributed by atoms with E-state index in [1.54, 1.807) is 0 Å². The lowest BCUT2D eigenvalue weighted by molar-refractivity contribution is 0.158. The van der Waals surface area contributed by atoms with Gasteiger partial charge in [0.05, 0.1) is 0 Å². The van der Waals surface area contributed by atoms with E-state index in [0.29, 0.717) is 0 Å². The topological polar surface area (TPSA) is 15.3 Å². The van der Waals surface area contributed by atoms with Crippen LogP contribution in [0.4, 0.5) is 0 Å². The predicted octanol–water partition coefficient (Wildman–Crippen LogP) is 3.03. The van der Waals surface area contributed by atoms with E-state index in [9.17, 15) is 0 Å². The number of rotatable bonds is 5. The van der Waals surface area contributed by atoms with E-state index < -0.39 is 0 Å². The normalized spacial score (nSPS) is 35.3. The van der Waals surface area contributed by atoms with Crippen molar-refractivity contribution in [2.24, 2.45) is 5.92 Å². The second-order valence-corrected chi connectivity index (χ2v) is 6.30. The maximum Gasteiger partial charge on any atom is 0.00697 e. The largest absolute Gasteiger partial charge is 0.314 e. The van der Waals surface area contributed by atoms with Crippen LogP contribution in [0.3, 0.4) is 0 Å². The van der Waals surface area contributed by atoms with E-state index in [0.717, 1.165) is 18.0 Å². The van der Waals surface area contributed by atoms with Gasteiger partial charge >= 0.3 is 0 Å². The zero-order chi connectivity index (χ0) is 12.1. The molecule has 1 aliphatic heterocycles. The average molecular weight is 238 g/mol. The monoisotopic (exact) mass is 238 g/mol. The fourth-order valence-corrected chi connectivity index (χ4v) is 3.47. The van der Waals surface area contributed by atoms with Crippen LogP contribution in [-0.4, -0.2) is 36.6 Å². The Hall–Kier alpha value is -0.0800. The van der Waals surface area contributed by atoms with E-state index in [1.165, 1.54) is 64.6 Å². The van der Waals surface area contributed by atoms with Crippen molar-refractivity contribution in [1.29, 1.82) is 0 Å². The van der Waals surface area contributed by atoms with Gasteiger partial charge in [0.15, 0.2) is 0 Å². The minimum atomic E-state index is 0.823. The Bertz CT molecular complexity index is 217. The van der Waals surface area contributed by atoms with Crippen LogP contribution in [0.25, 0.3) is 0 Å². The SMILES string of the molecule is CC1CCC(NCCCN2CCCCC2C)C1. The molecule has 2 heteroatoms. The predicted molar refractivity (Wildman–Crippen MR) is 74.3 cm³/mol. The number of likely N-dealkylation sites (tertiary alicyclic amines) is 1. The number of piperidine rings is 1. The number of nitrogens with zero attached hydrogens (tertiary/aromatic N) is 1. The van der Waals surface area contributed by atoms with Gasteiger partial charge in [0, 0.05) is 12.1 Å². The molecular formula is C15H30N2. The lowest BCUT2D eigenvalue weighted by Gasteiger charge is -2.33. The zero-order valence-corrected chi connectivity index (χ0v) is 11.8. The van der Waals surface area contributed by atoms with E-state index in [2.05, 4.69) is 24.1 Å². The van der Waals surface area contributed by atoms with Crippen LogP contribution in [0.2, 0.25) is 0 Å². The van der Waals surface area contributed by atoms with E-state index >= 15 is 0 Å². The summed E-state index contributed by atoms with van der Waals surface area (Å²) >= 11 is 0. The van der Waals surface area contributed by atoms with Crippen LogP contribution < -0.4 is 5.32 Å². The number of hydrogen-bond acceptors (Lipinski definition) is 2. The molecule has 1 saturated carbocycles. The third kappa shape index (κ3) is 4.26. The first-order chi connectivity index (χ1) is 8.25. The molecule has 2 fully saturated rings. The Morgan fingerprint density at radius 2 is 2.00 bits per heavy atom. The third-order valence-electron chi connectivity index (χ3n) is 4.69. The highest BCUT2D eigenvalue weighted by Gasteiger charge is 2.21. The Morgan fingerprint density at radius 3 is 2.71 bits per heavy atom. The van der Waals surface area contributed by atoms with Gasteiger partial charge in [-0.25, -0.2) is 0 Å². The lowest BCUT2D eigenvalue weighted by atomic mass is 10.0. The fraction of sp³-hybridized carbons (Fsp3) is 1.00. The Labute approximate surface area is 107 Å². The second kappa shape index (κ2) is 6.75. The van der Waals surface area contributed by atoms with Crippen molar-refractivity contribution in [2.75, 3.05) is 19.6 Å². The standard InChI is InChI=1S/C15H30N2/c1-13-7-8-15(12-13)16-9-5-11-17-10-4-3-6-14(17)2/h13-16H,3-12H2,1-2H3. The van der Waals surface area contributed by atoms with Gasteiger partial charge in [-0.15, -0.1) is 0 Å². The summed E-state index contributed by atoms with van der Waals surface area (Å²) in [6.07, 6.45) is 9.83. The summed E-state index contributed by atoms with van der Waals surface area (Å²) in [5, 5.41) is 3.74. The summed E-state index contributed by atoms with van der Waals surface area (Å²) in [5.74, 6) is 0.953. The molecule has 0 spiro atoms. The Kier molecular flexibility index (Phi) is 5.30. The molecule has 3 atom stereocenters. The molecule has 3 unspecified atom stereocenters. The minimum absolute atomic E-state index is 0.823. The summed E-state index contributed by atoms with van der Waals surface area (Å²) in [6.45, 7) is 8.64. The molecule has 17 heavy (non-hydrogen) atoms. The van der Waals surface area contributed by atoms with E-state index in [-0.39, 0.29) is 0 Å². The van der Waals surface area contributed by atoms with Gasteiger partial charge < -0.3 is 10.2 Å². The van der Waals surface area contributed by atoms with Crippen molar-refractivity contribution < 1.29 is 0 Å². The fourth-order valence-electron chi connectivity index (χ4n) is 3.47. The molecule has 0 amide bonds. The van der Waals surface area contributed by atoms with E-state index in [4.69, 9.17) is 0 Å². The number of hydrogen-bond donors (Lipinski definition) is 1. The molecule has 0 bridgehead atoms. The average Bonchev–Trinajstić information content (AvgIpc) is 2.73. The summed E-state index contributed by atoms with van der Waals surface area (Å²) < 4.78 is 0. The van der Waals surface area contributed by atoms with Crippen LogP contribution in [0.5, 0.6) is 0 Å². The first-order valence-corrected chi connectivity index (χ1v) is 7.73. The van der Waals surface area contributed by atoms with Crippen LogP contribution in [0.15, 0.2) is 0 Å². The van der Waals surface area contributed by atoms with E-state index in [1.807, 2.05) is 0 Å². The van der Waals surface area contributed by atoms with Crippen molar-refractivity contribution in [1.82, 2.24) is 10.2 Å². The van der Waals surface area contributed by atoms with Crippen molar-refractivity contribution in [3.8, 4) is 0 Å². The molecule has 0 aromatic rings. The molecule has 1 saturated heterocycles. The van der Waals surface area contributed by atoms with Crippen LogP contribution in [0.1, 0.15) is 58.8 Å². The minimum Gasteiger partial charge on any atom is -0.314 e. The van der Waals surface area contributed by atoms with Crippen LogP contribution in [0, 0.1) is 5.92 Å². The molecule has 1 N–H and O–H groups in total. The molecule has 0 radical (unpaired) electrons. The molecule has 2 rings (SSSR count). The maximum atomic E-state index is 3.74. The molecule has 0 aromatic heterocycles. The van der Waals surface area contributed by atoms with Gasteiger partial charge in [-0.3, -0.25) is 0 Å². The maximum absolute atomic E-state index is 3.74. The van der Waals surface area contributed by atoms with Gasteiger partial charge in [0.25, 0.3) is 0 Å². The van der Waals surface area contributed by atoms with Gasteiger partial charge in [0.1, 0.15) is 0 Å². The first-order valence-electron chi connectivity index (χ1n) is 7.73. The van der Waals surface area contributed by atoms with Gasteiger partial charge in [-0.05, 0) is 71.0 Å². The van der Waals surface area contributed by atoms with Gasteiger partial charge in [-0.1, -0.05) is 13.3 Å². The van der Waals surface area contributed by atoms with Gasteiger partial charge in [-0.2, -0.15) is 0 Å². The second-order valence-electron chi connectivity index (χ2n) is 6.30. The summed E-state index contributed by atoms with van der Waals surface area (Å²) in [4.78, 5) is 2.68. The first kappa shape index (κ1) is 13.4. The third-order valence-corrected chi connectivity index (χ3v) is 4.69. The zero-order valence-electron chi connectivity index (χ0n) is 11.8. The molecule has 100 valence electrons. The smallest absolute Gasteiger partial charge is 0.00697 e. The Balaban J connectivity index is 1.53. The molecule has 1 aliphatic carbocycles. The molecule has 2 aliphatic rings. The van der Waals surface area contributed by atoms with Crippen molar-refractivity contribution in [3.05, 3.63) is 0 Å². The quantitative estimate of drug-likeness (QED) is 0.741. The molecular weight excluding hydrogens is 208 g/mol. The highest BCUT2D eigenvalue weighted by molar-refractivity contribution is 4.78. The highest BCUT2D eigenvalue weighted by Crippen LogP contribution is 2.24. The van der Waals surface area contributed by atoms with Crippen LogP contribution in [-0.2, 0) is 0 Å². The summed E-state index contributed by atoms with van der Waals surface area (Å²) in [5.41, 5.74) is 0. The van der Waals surface area contributed by atoms with Crippen molar-refractivity contribution in [3.63, 3.8) is 0 Å². The number of nitrogens with one attached hydrogen (secondary N) is 1. The van der Waals surface area contributed by atoms with Gasteiger partial charge in [0.2, 0.25) is 0 Å². The summed E-state index contributed by atoms with van der Waals surface area (Å²) in [7, 11) is 0. The Morgan fingerprint density at radius 1 is 1.12 bits per heavy atom. The highest BCUT2D eigenvalue weighted by atomic mass is 15.2. The molecule has 1 heterocycles.